The number of rotatable bonds is 4. The van der Waals surface area contributed by atoms with Gasteiger partial charge in [-0.1, -0.05) is 24.3 Å². The second kappa shape index (κ2) is 8.26. The molecule has 1 aliphatic rings. The van der Waals surface area contributed by atoms with Gasteiger partial charge in [0.15, 0.2) is 11.5 Å². The van der Waals surface area contributed by atoms with Crippen LogP contribution in [0.5, 0.6) is 11.5 Å². The van der Waals surface area contributed by atoms with Gasteiger partial charge in [-0.25, -0.2) is 4.98 Å². The van der Waals surface area contributed by atoms with Gasteiger partial charge in [-0.15, -0.1) is 0 Å². The number of aryl methyl sites for hydroxylation is 1. The predicted octanol–water partition coefficient (Wildman–Crippen LogP) is 4.56. The van der Waals surface area contributed by atoms with Crippen LogP contribution in [0.4, 0.5) is 0 Å². The summed E-state index contributed by atoms with van der Waals surface area (Å²) < 4.78 is 13.2. The summed E-state index contributed by atoms with van der Waals surface area (Å²) >= 11 is 0. The molecule has 3 aromatic carbocycles. The molecule has 0 atom stereocenters. The summed E-state index contributed by atoms with van der Waals surface area (Å²) in [6, 6.07) is 25.8. The van der Waals surface area contributed by atoms with E-state index in [0.29, 0.717) is 17.0 Å². The highest BCUT2D eigenvalue weighted by Crippen LogP contribution is 2.39. The van der Waals surface area contributed by atoms with Crippen molar-refractivity contribution in [3.05, 3.63) is 90.6 Å². The average Bonchev–Trinajstić information content (AvgIpc) is 3.65. The number of aromatic amines is 1. The minimum Gasteiger partial charge on any atom is -0.454 e. The molecule has 0 radical (unpaired) electrons. The van der Waals surface area contributed by atoms with Crippen molar-refractivity contribution in [1.82, 2.24) is 14.5 Å². The van der Waals surface area contributed by atoms with Crippen LogP contribution in [0.15, 0.2) is 85.1 Å². The van der Waals surface area contributed by atoms with Crippen molar-refractivity contribution < 1.29 is 19.5 Å². The van der Waals surface area contributed by atoms with Gasteiger partial charge in [-0.05, 0) is 72.5 Å². The third-order valence-electron chi connectivity index (χ3n) is 6.93. The maximum absolute atomic E-state index is 9.76. The van der Waals surface area contributed by atoms with E-state index in [1.807, 2.05) is 42.6 Å². The van der Waals surface area contributed by atoms with Crippen molar-refractivity contribution in [2.45, 2.75) is 6.92 Å². The van der Waals surface area contributed by atoms with Crippen LogP contribution in [0.1, 0.15) is 5.56 Å². The van der Waals surface area contributed by atoms with E-state index in [1.54, 1.807) is 12.1 Å². The van der Waals surface area contributed by atoms with Crippen LogP contribution >= 0.6 is 0 Å². The molecule has 8 heteroatoms. The van der Waals surface area contributed by atoms with E-state index < -0.39 is 7.12 Å². The molecule has 0 aliphatic carbocycles. The van der Waals surface area contributed by atoms with Gasteiger partial charge in [0.1, 0.15) is 5.82 Å². The first-order chi connectivity index (χ1) is 18.0. The number of pyridine rings is 1. The molecule has 37 heavy (non-hydrogen) atoms. The van der Waals surface area contributed by atoms with Gasteiger partial charge >= 0.3 is 7.12 Å². The topological polar surface area (TPSA) is 92.5 Å². The first-order valence-corrected chi connectivity index (χ1v) is 12.0. The van der Waals surface area contributed by atoms with Crippen molar-refractivity contribution in [2.24, 2.45) is 0 Å². The van der Waals surface area contributed by atoms with Gasteiger partial charge in [-0.2, -0.15) is 0 Å². The summed E-state index contributed by atoms with van der Waals surface area (Å²) in [5.41, 5.74) is 7.27. The highest BCUT2D eigenvalue weighted by Gasteiger charge is 2.20. The number of hydrogen-bond donors (Lipinski definition) is 3. The molecule has 7 rings (SSSR count). The van der Waals surface area contributed by atoms with Gasteiger partial charge in [0, 0.05) is 33.6 Å². The predicted molar refractivity (Wildman–Crippen MR) is 144 cm³/mol. The number of benzene rings is 3. The Hall–Kier alpha value is -4.53. The van der Waals surface area contributed by atoms with E-state index in [4.69, 9.17) is 14.5 Å². The fraction of sp³-hybridized carbons (Fsp3) is 0.0690. The highest BCUT2D eigenvalue weighted by atomic mass is 16.7. The summed E-state index contributed by atoms with van der Waals surface area (Å²) in [5, 5.41) is 21.5. The Bertz CT molecular complexity index is 1820. The Morgan fingerprint density at radius 3 is 2.59 bits per heavy atom. The van der Waals surface area contributed by atoms with E-state index >= 15 is 0 Å². The Labute approximate surface area is 212 Å². The van der Waals surface area contributed by atoms with Crippen molar-refractivity contribution in [3.63, 3.8) is 0 Å². The van der Waals surface area contributed by atoms with E-state index in [9.17, 15) is 10.0 Å². The summed E-state index contributed by atoms with van der Waals surface area (Å²) in [6.45, 7) is 2.27. The van der Waals surface area contributed by atoms with Gasteiger partial charge in [0.05, 0.1) is 16.9 Å². The fourth-order valence-corrected chi connectivity index (χ4v) is 5.05. The lowest BCUT2D eigenvalue weighted by molar-refractivity contribution is 0.174. The molecule has 0 saturated carbocycles. The van der Waals surface area contributed by atoms with Gasteiger partial charge < -0.3 is 24.5 Å². The Kier molecular flexibility index (Phi) is 4.85. The molecule has 0 spiro atoms. The smallest absolute Gasteiger partial charge is 0.454 e. The number of nitrogens with one attached hydrogen (secondary N) is 1. The first kappa shape index (κ1) is 21.7. The lowest BCUT2D eigenvalue weighted by Gasteiger charge is -2.14. The van der Waals surface area contributed by atoms with Crippen LogP contribution in [-0.2, 0) is 0 Å². The zero-order valence-electron chi connectivity index (χ0n) is 20.0. The fourth-order valence-electron chi connectivity index (χ4n) is 5.05. The Morgan fingerprint density at radius 1 is 0.838 bits per heavy atom. The van der Waals surface area contributed by atoms with Crippen molar-refractivity contribution in [2.75, 3.05) is 6.79 Å². The normalized spacial score (nSPS) is 12.5. The molecule has 0 unspecified atom stereocenters. The van der Waals surface area contributed by atoms with Gasteiger partial charge in [-0.3, -0.25) is 4.57 Å². The molecule has 0 bridgehead atoms. The maximum Gasteiger partial charge on any atom is 0.488 e. The van der Waals surface area contributed by atoms with Crippen LogP contribution in [0, 0.1) is 6.92 Å². The van der Waals surface area contributed by atoms with Gasteiger partial charge in [0.25, 0.3) is 0 Å². The third kappa shape index (κ3) is 3.57. The summed E-state index contributed by atoms with van der Waals surface area (Å²) in [6.07, 6.45) is 1.94. The Morgan fingerprint density at radius 2 is 1.70 bits per heavy atom. The number of hydrogen-bond acceptors (Lipinski definition) is 5. The number of fused-ring (bicyclic) bond motifs is 3. The molecule has 3 aromatic heterocycles. The molecule has 0 fully saturated rings. The largest absolute Gasteiger partial charge is 0.488 e. The van der Waals surface area contributed by atoms with E-state index in [2.05, 4.69) is 46.8 Å². The number of ether oxygens (including phenoxy) is 2. The van der Waals surface area contributed by atoms with Crippen molar-refractivity contribution in [3.8, 4) is 39.8 Å². The van der Waals surface area contributed by atoms with Gasteiger partial charge in [0.2, 0.25) is 6.79 Å². The molecular weight excluding hydrogens is 465 g/mol. The summed E-state index contributed by atoms with van der Waals surface area (Å²) in [5.74, 6) is 2.17. The lowest BCUT2D eigenvalue weighted by Crippen LogP contribution is -2.29. The number of H-pyrrole nitrogens is 1. The third-order valence-corrected chi connectivity index (χ3v) is 6.93. The molecule has 7 nitrogen and oxygen atoms in total. The lowest BCUT2D eigenvalue weighted by atomic mass is 9.80. The van der Waals surface area contributed by atoms with Crippen LogP contribution in [0.2, 0.25) is 0 Å². The number of aromatic nitrogens is 3. The Balaban J connectivity index is 1.45. The zero-order chi connectivity index (χ0) is 25.1. The molecule has 6 aromatic rings. The minimum atomic E-state index is -1.55. The van der Waals surface area contributed by atoms with Crippen LogP contribution in [-0.4, -0.2) is 38.5 Å². The van der Waals surface area contributed by atoms with Crippen LogP contribution < -0.4 is 14.9 Å². The molecule has 0 saturated heterocycles. The molecule has 180 valence electrons. The standard InChI is InChI=1S/C29H22BN3O4/c1-17-2-9-28(32-29(17)20-3-6-23-18(12-20)10-11-31-23)33-24-7-5-22(30(34)35)13-21(24)14-25(33)19-4-8-26-27(15-19)37-16-36-26/h2-15,31,34-35H,16H2,1H3. The average molecular weight is 487 g/mol. The minimum absolute atomic E-state index is 0.202. The van der Waals surface area contributed by atoms with Crippen LogP contribution in [0.3, 0.4) is 0 Å². The van der Waals surface area contributed by atoms with E-state index in [1.165, 1.54) is 0 Å². The SMILES string of the molecule is Cc1ccc(-n2c(-c3ccc4c(c3)OCO4)cc3cc(B(O)O)ccc32)nc1-c1ccc2[nH]ccc2c1. The second-order valence-corrected chi connectivity index (χ2v) is 9.24. The highest BCUT2D eigenvalue weighted by molar-refractivity contribution is 6.58. The van der Waals surface area contributed by atoms with Crippen molar-refractivity contribution >= 4 is 34.4 Å². The molecule has 4 heterocycles. The summed E-state index contributed by atoms with van der Waals surface area (Å²) in [4.78, 5) is 8.38. The van der Waals surface area contributed by atoms with E-state index in [0.717, 1.165) is 55.7 Å². The second-order valence-electron chi connectivity index (χ2n) is 9.24. The maximum atomic E-state index is 9.76. The molecule has 3 N–H and O–H groups in total. The van der Waals surface area contributed by atoms with Crippen LogP contribution in [0.25, 0.3) is 50.1 Å². The first-order valence-electron chi connectivity index (χ1n) is 12.0. The van der Waals surface area contributed by atoms with Crippen molar-refractivity contribution in [1.29, 1.82) is 0 Å². The molecular formula is C29H22BN3O4. The monoisotopic (exact) mass is 487 g/mol. The van der Waals surface area contributed by atoms with E-state index in [-0.39, 0.29) is 6.79 Å². The quantitative estimate of drug-likeness (QED) is 0.317. The molecule has 1 aliphatic heterocycles. The number of nitrogens with zero attached hydrogens (tertiary/aromatic N) is 2. The molecule has 0 amide bonds. The zero-order valence-corrected chi connectivity index (χ0v) is 20.0. The summed E-state index contributed by atoms with van der Waals surface area (Å²) in [7, 11) is -1.55.